The predicted molar refractivity (Wildman–Crippen MR) is 86.2 cm³/mol. The number of piperidine rings is 1. The molecule has 0 aromatic carbocycles. The van der Waals surface area contributed by atoms with Crippen LogP contribution in [-0.2, 0) is 4.74 Å². The Balaban J connectivity index is 1.95. The van der Waals surface area contributed by atoms with Crippen LogP contribution in [0.25, 0.3) is 0 Å². The number of hydrogen-bond acceptors (Lipinski definition) is 5. The van der Waals surface area contributed by atoms with E-state index in [1.54, 1.807) is 4.90 Å². The van der Waals surface area contributed by atoms with Gasteiger partial charge >= 0.3 is 6.09 Å². The van der Waals surface area contributed by atoms with Crippen molar-refractivity contribution in [1.29, 1.82) is 0 Å². The predicted octanol–water partition coefficient (Wildman–Crippen LogP) is 3.25. The fourth-order valence-corrected chi connectivity index (χ4v) is 2.43. The molecule has 1 N–H and O–H groups in total. The molecule has 2 heterocycles. The van der Waals surface area contributed by atoms with Crippen LogP contribution in [-0.4, -0.2) is 45.9 Å². The summed E-state index contributed by atoms with van der Waals surface area (Å²) in [5, 5.41) is 11.7. The van der Waals surface area contributed by atoms with Gasteiger partial charge in [-0.25, -0.2) is 4.79 Å². The van der Waals surface area contributed by atoms with E-state index in [0.717, 1.165) is 24.9 Å². The Morgan fingerprint density at radius 2 is 2.18 bits per heavy atom. The van der Waals surface area contributed by atoms with Gasteiger partial charge in [-0.3, -0.25) is 0 Å². The Hall–Kier alpha value is -1.56. The Kier molecular flexibility index (Phi) is 5.11. The first-order valence-corrected chi connectivity index (χ1v) is 7.87. The maximum atomic E-state index is 12.1. The minimum Gasteiger partial charge on any atom is -0.444 e. The molecule has 122 valence electrons. The van der Waals surface area contributed by atoms with Crippen molar-refractivity contribution in [3.8, 4) is 0 Å². The van der Waals surface area contributed by atoms with E-state index < -0.39 is 5.60 Å². The molecule has 22 heavy (non-hydrogen) atoms. The van der Waals surface area contributed by atoms with Gasteiger partial charge in [0, 0.05) is 19.1 Å². The monoisotopic (exact) mass is 326 g/mol. The second kappa shape index (κ2) is 6.69. The molecule has 1 aromatic heterocycles. The lowest BCUT2D eigenvalue weighted by Gasteiger charge is -2.34. The summed E-state index contributed by atoms with van der Waals surface area (Å²) in [6.07, 6.45) is 1.64. The molecule has 1 saturated heterocycles. The van der Waals surface area contributed by atoms with Gasteiger partial charge in [0.05, 0.1) is 0 Å². The third-order valence-corrected chi connectivity index (χ3v) is 3.72. The molecule has 1 aliphatic heterocycles. The second-order valence-electron chi connectivity index (χ2n) is 6.61. The van der Waals surface area contributed by atoms with Crippen molar-refractivity contribution in [2.45, 2.75) is 52.2 Å². The SMILES string of the molecule is Cc1cc(N[C@@H]2CCCN(C(=O)OC(C)(C)C)C2)nnc1Cl. The average molecular weight is 327 g/mol. The van der Waals surface area contributed by atoms with Crippen LogP contribution in [0.5, 0.6) is 0 Å². The summed E-state index contributed by atoms with van der Waals surface area (Å²) in [5.74, 6) is 0.679. The summed E-state index contributed by atoms with van der Waals surface area (Å²) in [5.41, 5.74) is 0.398. The van der Waals surface area contributed by atoms with Crippen molar-refractivity contribution >= 4 is 23.5 Å². The zero-order valence-electron chi connectivity index (χ0n) is 13.5. The standard InChI is InChI=1S/C15H23ClN4O2/c1-10-8-12(18-19-13(10)16)17-11-6-5-7-20(9-11)14(21)22-15(2,3)4/h8,11H,5-7,9H2,1-4H3,(H,17,18)/t11-/m1/s1. The van der Waals surface area contributed by atoms with E-state index in [9.17, 15) is 4.79 Å². The summed E-state index contributed by atoms with van der Waals surface area (Å²) in [6.45, 7) is 8.82. The molecule has 0 aliphatic carbocycles. The van der Waals surface area contributed by atoms with Gasteiger partial charge in [0.1, 0.15) is 11.4 Å². The lowest BCUT2D eigenvalue weighted by molar-refractivity contribution is 0.0206. The fourth-order valence-electron chi connectivity index (χ4n) is 2.34. The van der Waals surface area contributed by atoms with Gasteiger partial charge in [-0.2, -0.15) is 0 Å². The number of likely N-dealkylation sites (tertiary alicyclic amines) is 1. The van der Waals surface area contributed by atoms with Gasteiger partial charge in [-0.1, -0.05) is 11.6 Å². The zero-order valence-corrected chi connectivity index (χ0v) is 14.3. The van der Waals surface area contributed by atoms with Crippen molar-refractivity contribution < 1.29 is 9.53 Å². The number of carbonyl (C=O) groups excluding carboxylic acids is 1. The highest BCUT2D eigenvalue weighted by atomic mass is 35.5. The molecule has 1 fully saturated rings. The van der Waals surface area contributed by atoms with Gasteiger partial charge in [-0.05, 0) is 52.2 Å². The summed E-state index contributed by atoms with van der Waals surface area (Å²) in [6, 6.07) is 2.00. The van der Waals surface area contributed by atoms with Crippen molar-refractivity contribution in [1.82, 2.24) is 15.1 Å². The normalized spacial score (nSPS) is 19.0. The van der Waals surface area contributed by atoms with Crippen molar-refractivity contribution in [3.05, 3.63) is 16.8 Å². The van der Waals surface area contributed by atoms with Crippen molar-refractivity contribution in [2.75, 3.05) is 18.4 Å². The van der Waals surface area contributed by atoms with Crippen LogP contribution in [0.15, 0.2) is 6.07 Å². The highest BCUT2D eigenvalue weighted by Gasteiger charge is 2.27. The maximum absolute atomic E-state index is 12.1. The second-order valence-corrected chi connectivity index (χ2v) is 6.97. The van der Waals surface area contributed by atoms with Crippen LogP contribution in [0.1, 0.15) is 39.2 Å². The number of aromatic nitrogens is 2. The molecule has 0 unspecified atom stereocenters. The molecule has 1 atom stereocenters. The lowest BCUT2D eigenvalue weighted by Crippen LogP contribution is -2.47. The topological polar surface area (TPSA) is 67.4 Å². The molecule has 2 rings (SSSR count). The summed E-state index contributed by atoms with van der Waals surface area (Å²) >= 11 is 5.88. The number of rotatable bonds is 2. The van der Waals surface area contributed by atoms with E-state index in [2.05, 4.69) is 15.5 Å². The van der Waals surface area contributed by atoms with Crippen LogP contribution >= 0.6 is 11.6 Å². The number of nitrogens with one attached hydrogen (secondary N) is 1. The highest BCUT2D eigenvalue weighted by molar-refractivity contribution is 6.30. The first-order valence-electron chi connectivity index (χ1n) is 7.49. The number of amides is 1. The van der Waals surface area contributed by atoms with Gasteiger partial charge in [0.25, 0.3) is 0 Å². The largest absolute Gasteiger partial charge is 0.444 e. The number of ether oxygens (including phenoxy) is 1. The lowest BCUT2D eigenvalue weighted by atomic mass is 10.1. The molecule has 0 radical (unpaired) electrons. The number of aryl methyl sites for hydroxylation is 1. The number of anilines is 1. The number of hydrogen-bond donors (Lipinski definition) is 1. The minimum atomic E-state index is -0.476. The van der Waals surface area contributed by atoms with E-state index in [4.69, 9.17) is 16.3 Å². The van der Waals surface area contributed by atoms with E-state index in [1.807, 2.05) is 33.8 Å². The highest BCUT2D eigenvalue weighted by Crippen LogP contribution is 2.19. The molecule has 1 aromatic rings. The maximum Gasteiger partial charge on any atom is 0.410 e. The Labute approximate surface area is 136 Å². The van der Waals surface area contributed by atoms with Gasteiger partial charge < -0.3 is 15.0 Å². The fraction of sp³-hybridized carbons (Fsp3) is 0.667. The van der Waals surface area contributed by atoms with Gasteiger partial charge in [0.2, 0.25) is 0 Å². The molecular weight excluding hydrogens is 304 g/mol. The molecule has 0 saturated carbocycles. The third-order valence-electron chi connectivity index (χ3n) is 3.35. The van der Waals surface area contributed by atoms with Crippen LogP contribution < -0.4 is 5.32 Å². The van der Waals surface area contributed by atoms with Crippen LogP contribution in [0.2, 0.25) is 5.15 Å². The minimum absolute atomic E-state index is 0.135. The summed E-state index contributed by atoms with van der Waals surface area (Å²) in [7, 11) is 0. The van der Waals surface area contributed by atoms with Crippen molar-refractivity contribution in [2.24, 2.45) is 0 Å². The first kappa shape index (κ1) is 16.8. The Bertz CT molecular complexity index is 545. The molecule has 7 heteroatoms. The van der Waals surface area contributed by atoms with E-state index >= 15 is 0 Å². The smallest absolute Gasteiger partial charge is 0.410 e. The first-order chi connectivity index (χ1) is 10.2. The van der Waals surface area contributed by atoms with E-state index in [0.29, 0.717) is 17.5 Å². The zero-order chi connectivity index (χ0) is 16.3. The van der Waals surface area contributed by atoms with Gasteiger partial charge in [-0.15, -0.1) is 10.2 Å². The van der Waals surface area contributed by atoms with Crippen LogP contribution in [0, 0.1) is 6.92 Å². The molecular formula is C15H23ClN4O2. The Morgan fingerprint density at radius 1 is 1.45 bits per heavy atom. The van der Waals surface area contributed by atoms with E-state index in [1.165, 1.54) is 0 Å². The average Bonchev–Trinajstić information content (AvgIpc) is 2.41. The number of halogens is 1. The molecule has 1 amide bonds. The van der Waals surface area contributed by atoms with Crippen molar-refractivity contribution in [3.63, 3.8) is 0 Å². The molecule has 0 bridgehead atoms. The number of carbonyl (C=O) groups is 1. The molecule has 0 spiro atoms. The quantitative estimate of drug-likeness (QED) is 0.903. The number of nitrogens with zero attached hydrogens (tertiary/aromatic N) is 3. The molecule has 1 aliphatic rings. The van der Waals surface area contributed by atoms with Gasteiger partial charge in [0.15, 0.2) is 5.15 Å². The van der Waals surface area contributed by atoms with Crippen LogP contribution in [0.4, 0.5) is 10.6 Å². The third kappa shape index (κ3) is 4.73. The van der Waals surface area contributed by atoms with E-state index in [-0.39, 0.29) is 12.1 Å². The summed E-state index contributed by atoms with van der Waals surface area (Å²) < 4.78 is 5.42. The van der Waals surface area contributed by atoms with Crippen LogP contribution in [0.3, 0.4) is 0 Å². The molecule has 6 nitrogen and oxygen atoms in total. The summed E-state index contributed by atoms with van der Waals surface area (Å²) in [4.78, 5) is 13.9. The Morgan fingerprint density at radius 3 is 2.82 bits per heavy atom.